The average molecular weight is 474 g/mol. The van der Waals surface area contributed by atoms with Gasteiger partial charge in [-0.3, -0.25) is 4.79 Å². The van der Waals surface area contributed by atoms with E-state index in [1.807, 2.05) is 13.8 Å². The molecule has 0 radical (unpaired) electrons. The van der Waals surface area contributed by atoms with Crippen molar-refractivity contribution in [3.05, 3.63) is 29.6 Å². The third-order valence-electron chi connectivity index (χ3n) is 5.23. The van der Waals surface area contributed by atoms with Crippen LogP contribution in [-0.4, -0.2) is 34.1 Å². The number of amides is 1. The van der Waals surface area contributed by atoms with Gasteiger partial charge in [-0.2, -0.15) is 13.2 Å². The fraction of sp³-hybridized carbons (Fsp3) is 0.700. The summed E-state index contributed by atoms with van der Waals surface area (Å²) in [6.07, 6.45) is -0.798. The number of pyridine rings is 1. The highest BCUT2D eigenvalue weighted by Crippen LogP contribution is 2.31. The van der Waals surface area contributed by atoms with Gasteiger partial charge >= 0.3 is 6.18 Å². The van der Waals surface area contributed by atoms with Gasteiger partial charge in [0.05, 0.1) is 5.69 Å². The van der Waals surface area contributed by atoms with Gasteiger partial charge in [-0.1, -0.05) is 6.07 Å². The molecule has 1 fully saturated rings. The summed E-state index contributed by atoms with van der Waals surface area (Å²) in [5.74, 6) is 0.513. The zero-order valence-corrected chi connectivity index (χ0v) is 19.1. The van der Waals surface area contributed by atoms with Crippen molar-refractivity contribution in [3.63, 3.8) is 0 Å². The first-order valence-corrected chi connectivity index (χ1v) is 9.70. The smallest absolute Gasteiger partial charge is 0.385 e. The normalized spacial score (nSPS) is 20.5. The number of aliphatic hydroxyl groups excluding tert-OH is 1. The van der Waals surface area contributed by atoms with Crippen molar-refractivity contribution in [2.45, 2.75) is 76.7 Å². The van der Waals surface area contributed by atoms with E-state index in [4.69, 9.17) is 0 Å². The van der Waals surface area contributed by atoms with Gasteiger partial charge in [0.25, 0.3) is 0 Å². The monoisotopic (exact) mass is 473 g/mol. The summed E-state index contributed by atoms with van der Waals surface area (Å²) in [7, 11) is 0. The van der Waals surface area contributed by atoms with E-state index in [1.165, 1.54) is 19.1 Å². The summed E-state index contributed by atoms with van der Waals surface area (Å²) in [5.41, 5.74) is -1.26. The van der Waals surface area contributed by atoms with Gasteiger partial charge in [0.2, 0.25) is 5.91 Å². The molecular weight excluding hydrogens is 442 g/mol. The molecule has 1 aromatic heterocycles. The third-order valence-corrected chi connectivity index (χ3v) is 5.23. The fourth-order valence-corrected chi connectivity index (χ4v) is 3.86. The van der Waals surface area contributed by atoms with Crippen LogP contribution in [0.2, 0.25) is 0 Å². The second-order valence-corrected chi connectivity index (χ2v) is 8.35. The van der Waals surface area contributed by atoms with Crippen LogP contribution in [0.25, 0.3) is 0 Å². The molecule has 1 amide bonds. The van der Waals surface area contributed by atoms with E-state index in [9.17, 15) is 23.1 Å². The number of carbonyl (C=O) groups is 1. The number of β-amino-alcohol motifs (C(OH)–C–C–N with tert-alkyl or cyclic N) is 1. The van der Waals surface area contributed by atoms with Gasteiger partial charge in [0.15, 0.2) is 0 Å². The number of hydrogen-bond donors (Lipinski definition) is 3. The molecule has 30 heavy (non-hydrogen) atoms. The lowest BCUT2D eigenvalue weighted by atomic mass is 9.79. The van der Waals surface area contributed by atoms with Crippen molar-refractivity contribution in [1.82, 2.24) is 15.6 Å². The lowest BCUT2D eigenvalue weighted by Gasteiger charge is -2.35. The first-order valence-electron chi connectivity index (χ1n) is 9.70. The topological polar surface area (TPSA) is 74.2 Å². The second-order valence-electron chi connectivity index (χ2n) is 8.35. The van der Waals surface area contributed by atoms with E-state index >= 15 is 0 Å². The van der Waals surface area contributed by atoms with Crippen molar-refractivity contribution >= 4 is 30.7 Å². The number of aliphatic hydroxyl groups is 1. The van der Waals surface area contributed by atoms with Gasteiger partial charge in [0, 0.05) is 25.0 Å². The molecule has 1 aliphatic rings. The molecule has 1 aliphatic carbocycles. The Morgan fingerprint density at radius 1 is 1.20 bits per heavy atom. The Balaban J connectivity index is 0.00000420. The Bertz CT molecular complexity index is 667. The first-order chi connectivity index (χ1) is 13.0. The fourth-order valence-electron chi connectivity index (χ4n) is 3.86. The van der Waals surface area contributed by atoms with Crippen LogP contribution < -0.4 is 10.6 Å². The molecule has 1 aromatic rings. The number of aromatic nitrogens is 1. The molecule has 0 aliphatic heterocycles. The molecule has 0 aromatic carbocycles. The molecule has 2 rings (SSSR count). The molecule has 174 valence electrons. The summed E-state index contributed by atoms with van der Waals surface area (Å²) in [6, 6.07) is 3.80. The van der Waals surface area contributed by atoms with Crippen molar-refractivity contribution in [2.75, 3.05) is 6.54 Å². The Kier molecular flexibility index (Phi) is 11.6. The van der Waals surface area contributed by atoms with E-state index in [2.05, 4.69) is 15.6 Å². The van der Waals surface area contributed by atoms with Crippen LogP contribution in [-0.2, 0) is 11.0 Å². The van der Waals surface area contributed by atoms with E-state index in [1.54, 1.807) is 0 Å². The Hall–Kier alpha value is -1.09. The molecule has 5 nitrogen and oxygen atoms in total. The number of alkyl halides is 3. The lowest BCUT2D eigenvalue weighted by molar-refractivity contribution is -0.141. The van der Waals surface area contributed by atoms with Crippen LogP contribution in [0.15, 0.2) is 18.2 Å². The molecule has 1 atom stereocenters. The van der Waals surface area contributed by atoms with Crippen LogP contribution in [0.5, 0.6) is 0 Å². The molecular formula is C20H32Cl2F3N3O2. The highest BCUT2D eigenvalue weighted by molar-refractivity contribution is 5.85. The van der Waals surface area contributed by atoms with Gasteiger partial charge < -0.3 is 15.7 Å². The van der Waals surface area contributed by atoms with E-state index in [-0.39, 0.29) is 54.5 Å². The largest absolute Gasteiger partial charge is 0.433 e. The summed E-state index contributed by atoms with van der Waals surface area (Å²) >= 11 is 0. The van der Waals surface area contributed by atoms with Crippen LogP contribution in [0.4, 0.5) is 13.2 Å². The maximum absolute atomic E-state index is 12.8. The molecule has 0 unspecified atom stereocenters. The van der Waals surface area contributed by atoms with E-state index < -0.39 is 18.0 Å². The molecule has 1 saturated carbocycles. The average Bonchev–Trinajstić information content (AvgIpc) is 2.60. The highest BCUT2D eigenvalue weighted by atomic mass is 35.5. The van der Waals surface area contributed by atoms with Crippen molar-refractivity contribution < 1.29 is 23.1 Å². The number of nitrogens with one attached hydrogen (secondary N) is 2. The molecule has 0 saturated heterocycles. The van der Waals surface area contributed by atoms with Crippen molar-refractivity contribution in [2.24, 2.45) is 5.92 Å². The van der Waals surface area contributed by atoms with Gasteiger partial charge in [-0.05, 0) is 64.0 Å². The highest BCUT2D eigenvalue weighted by Gasteiger charge is 2.33. The summed E-state index contributed by atoms with van der Waals surface area (Å²) < 4.78 is 38.3. The summed E-state index contributed by atoms with van der Waals surface area (Å²) in [6.45, 7) is 5.71. The van der Waals surface area contributed by atoms with Crippen LogP contribution in [0.1, 0.15) is 70.4 Å². The predicted octanol–water partition coefficient (Wildman–Crippen LogP) is 4.43. The molecule has 10 heteroatoms. The Morgan fingerprint density at radius 2 is 1.80 bits per heavy atom. The minimum atomic E-state index is -4.53. The van der Waals surface area contributed by atoms with Gasteiger partial charge in [-0.25, -0.2) is 4.98 Å². The zero-order valence-electron chi connectivity index (χ0n) is 17.5. The number of hydrogen-bond acceptors (Lipinski definition) is 4. The number of nitrogens with zero attached hydrogens (tertiary/aromatic N) is 1. The van der Waals surface area contributed by atoms with E-state index in [0.29, 0.717) is 5.92 Å². The van der Waals surface area contributed by atoms with Gasteiger partial charge in [0.1, 0.15) is 11.8 Å². The zero-order chi connectivity index (χ0) is 20.9. The summed E-state index contributed by atoms with van der Waals surface area (Å²) in [5, 5.41) is 16.5. The van der Waals surface area contributed by atoms with Crippen molar-refractivity contribution in [3.8, 4) is 0 Å². The Labute approximate surface area is 188 Å². The van der Waals surface area contributed by atoms with E-state index in [0.717, 1.165) is 38.2 Å². The lowest BCUT2D eigenvalue weighted by Crippen LogP contribution is -2.44. The quantitative estimate of drug-likeness (QED) is 0.547. The second kappa shape index (κ2) is 12.1. The van der Waals surface area contributed by atoms with Crippen LogP contribution >= 0.6 is 24.8 Å². The first kappa shape index (κ1) is 28.9. The Morgan fingerprint density at radius 3 is 2.33 bits per heavy atom. The number of carbonyl (C=O) groups excluding carboxylic acids is 1. The SMILES string of the molecule is CC(=O)NC1CCC(CC(C)(C)NC[C@H](O)c2cccc(C(F)(F)F)n2)CC1.Cl.Cl. The minimum absolute atomic E-state index is 0. The van der Waals surface area contributed by atoms with Crippen LogP contribution in [0, 0.1) is 5.92 Å². The molecule has 0 bridgehead atoms. The molecule has 3 N–H and O–H groups in total. The predicted molar refractivity (Wildman–Crippen MR) is 115 cm³/mol. The standard InChI is InChI=1S/C20H30F3N3O2.2ClH/c1-13(27)25-15-9-7-14(8-10-15)11-19(2,3)24-12-17(28)16-5-4-6-18(26-16)20(21,22)23;;/h4-6,14-15,17,24,28H,7-12H2,1-3H3,(H,25,27);2*1H/t14?,15?,17-;;/m0../s1. The maximum Gasteiger partial charge on any atom is 0.433 e. The minimum Gasteiger partial charge on any atom is -0.385 e. The number of halogens is 5. The summed E-state index contributed by atoms with van der Waals surface area (Å²) in [4.78, 5) is 14.7. The maximum atomic E-state index is 12.8. The molecule has 1 heterocycles. The van der Waals surface area contributed by atoms with Gasteiger partial charge in [-0.15, -0.1) is 24.8 Å². The van der Waals surface area contributed by atoms with Crippen LogP contribution in [0.3, 0.4) is 0 Å². The number of rotatable bonds is 7. The third kappa shape index (κ3) is 9.37. The molecule has 0 spiro atoms. The van der Waals surface area contributed by atoms with Crippen molar-refractivity contribution in [1.29, 1.82) is 0 Å².